The molecule has 3 nitrogen and oxygen atoms in total. The van der Waals surface area contributed by atoms with Gasteiger partial charge in [0.05, 0.1) is 12.8 Å². The van der Waals surface area contributed by atoms with Gasteiger partial charge in [0.15, 0.2) is 0 Å². The van der Waals surface area contributed by atoms with E-state index in [-0.39, 0.29) is 0 Å². The fourth-order valence-electron chi connectivity index (χ4n) is 2.29. The van der Waals surface area contributed by atoms with Gasteiger partial charge in [0, 0.05) is 11.3 Å². The van der Waals surface area contributed by atoms with Crippen LogP contribution in [0.25, 0.3) is 11.3 Å². The van der Waals surface area contributed by atoms with Crippen LogP contribution in [0.3, 0.4) is 0 Å². The highest BCUT2D eigenvalue weighted by Gasteiger charge is 2.04. The molecule has 0 fully saturated rings. The van der Waals surface area contributed by atoms with Crippen LogP contribution in [0.1, 0.15) is 11.1 Å². The number of methoxy groups -OCH3 is 1. The highest BCUT2D eigenvalue weighted by atomic mass is 32.2. The van der Waals surface area contributed by atoms with E-state index < -0.39 is 0 Å². The summed E-state index contributed by atoms with van der Waals surface area (Å²) < 4.78 is 5.24. The Morgan fingerprint density at radius 1 is 0.957 bits per heavy atom. The average molecular weight is 322 g/mol. The van der Waals surface area contributed by atoms with E-state index in [4.69, 9.17) is 4.74 Å². The van der Waals surface area contributed by atoms with Crippen molar-refractivity contribution in [2.45, 2.75) is 17.7 Å². The largest absolute Gasteiger partial charge is 0.497 e. The lowest BCUT2D eigenvalue weighted by molar-refractivity contribution is 0.415. The van der Waals surface area contributed by atoms with E-state index in [2.05, 4.69) is 41.4 Å². The lowest BCUT2D eigenvalue weighted by Crippen LogP contribution is -1.91. The van der Waals surface area contributed by atoms with Gasteiger partial charge in [-0.1, -0.05) is 53.7 Å². The van der Waals surface area contributed by atoms with E-state index in [1.165, 1.54) is 11.1 Å². The molecule has 0 unspecified atom stereocenters. The molecular weight excluding hydrogens is 304 g/mol. The summed E-state index contributed by atoms with van der Waals surface area (Å²) in [6.07, 6.45) is 0. The van der Waals surface area contributed by atoms with Crippen molar-refractivity contribution in [3.8, 4) is 17.0 Å². The van der Waals surface area contributed by atoms with Crippen LogP contribution < -0.4 is 4.74 Å². The maximum Gasteiger partial charge on any atom is 0.119 e. The van der Waals surface area contributed by atoms with Gasteiger partial charge in [-0.25, -0.2) is 0 Å². The third-order valence-electron chi connectivity index (χ3n) is 3.47. The van der Waals surface area contributed by atoms with E-state index in [9.17, 15) is 0 Å². The van der Waals surface area contributed by atoms with E-state index in [1.807, 2.05) is 36.4 Å². The molecule has 0 aliphatic heterocycles. The topological polar surface area (TPSA) is 35.0 Å². The molecule has 2 aromatic carbocycles. The number of ether oxygens (including phenoxy) is 1. The molecule has 1 heterocycles. The Labute approximate surface area is 140 Å². The van der Waals surface area contributed by atoms with Gasteiger partial charge in [-0.2, -0.15) is 0 Å². The molecule has 3 aromatic rings. The van der Waals surface area contributed by atoms with Gasteiger partial charge in [0.1, 0.15) is 10.8 Å². The van der Waals surface area contributed by atoms with Crippen molar-refractivity contribution in [3.63, 3.8) is 0 Å². The molecule has 0 atom stereocenters. The summed E-state index contributed by atoms with van der Waals surface area (Å²) in [7, 11) is 1.66. The van der Waals surface area contributed by atoms with Crippen LogP contribution >= 0.6 is 11.8 Å². The summed E-state index contributed by atoms with van der Waals surface area (Å²) >= 11 is 1.70. The van der Waals surface area contributed by atoms with Crippen LogP contribution in [0.4, 0.5) is 0 Å². The molecule has 0 saturated heterocycles. The second-order valence-electron chi connectivity index (χ2n) is 5.27. The predicted molar refractivity (Wildman–Crippen MR) is 94.8 cm³/mol. The monoisotopic (exact) mass is 322 g/mol. The Morgan fingerprint density at radius 3 is 2.57 bits per heavy atom. The van der Waals surface area contributed by atoms with Crippen molar-refractivity contribution in [2.75, 3.05) is 7.11 Å². The van der Waals surface area contributed by atoms with Gasteiger partial charge in [-0.3, -0.25) is 0 Å². The zero-order valence-corrected chi connectivity index (χ0v) is 14.0. The normalized spacial score (nSPS) is 10.5. The molecule has 4 heteroatoms. The third-order valence-corrected chi connectivity index (χ3v) is 4.47. The molecule has 0 amide bonds. The molecule has 0 N–H and O–H groups in total. The van der Waals surface area contributed by atoms with Crippen LogP contribution in [-0.2, 0) is 5.75 Å². The minimum Gasteiger partial charge on any atom is -0.497 e. The lowest BCUT2D eigenvalue weighted by Gasteiger charge is -2.05. The molecule has 0 saturated carbocycles. The van der Waals surface area contributed by atoms with E-state index in [0.29, 0.717) is 0 Å². The number of rotatable bonds is 5. The zero-order valence-electron chi connectivity index (χ0n) is 13.2. The first-order valence-corrected chi connectivity index (χ1v) is 8.39. The number of thioether (sulfide) groups is 1. The van der Waals surface area contributed by atoms with Crippen molar-refractivity contribution in [1.29, 1.82) is 0 Å². The number of nitrogens with zero attached hydrogens (tertiary/aromatic N) is 2. The fraction of sp³-hybridized carbons (Fsp3) is 0.158. The van der Waals surface area contributed by atoms with Crippen LogP contribution in [-0.4, -0.2) is 17.3 Å². The molecule has 0 aliphatic rings. The Bertz CT molecular complexity index is 787. The first kappa shape index (κ1) is 15.6. The van der Waals surface area contributed by atoms with Crippen molar-refractivity contribution in [1.82, 2.24) is 10.2 Å². The highest BCUT2D eigenvalue weighted by Crippen LogP contribution is 2.25. The number of aromatic nitrogens is 2. The molecule has 0 aliphatic carbocycles. The smallest absolute Gasteiger partial charge is 0.119 e. The average Bonchev–Trinajstić information content (AvgIpc) is 2.60. The van der Waals surface area contributed by atoms with E-state index in [0.717, 1.165) is 27.8 Å². The first-order chi connectivity index (χ1) is 11.2. The Morgan fingerprint density at radius 2 is 1.83 bits per heavy atom. The molecule has 116 valence electrons. The molecule has 23 heavy (non-hydrogen) atoms. The standard InChI is InChI=1S/C19H18N2OS/c1-14-5-3-6-15(11-14)13-23-19-10-9-18(20-21-19)16-7-4-8-17(12-16)22-2/h3-12H,13H2,1-2H3. The van der Waals surface area contributed by atoms with Crippen LogP contribution in [0.15, 0.2) is 65.7 Å². The van der Waals surface area contributed by atoms with Crippen LogP contribution in [0.2, 0.25) is 0 Å². The lowest BCUT2D eigenvalue weighted by atomic mass is 10.1. The first-order valence-electron chi connectivity index (χ1n) is 7.41. The number of hydrogen-bond acceptors (Lipinski definition) is 4. The van der Waals surface area contributed by atoms with Gasteiger partial charge >= 0.3 is 0 Å². The quantitative estimate of drug-likeness (QED) is 0.635. The third kappa shape index (κ3) is 4.11. The maximum atomic E-state index is 5.24. The predicted octanol–water partition coefficient (Wildman–Crippen LogP) is 4.75. The van der Waals surface area contributed by atoms with Crippen LogP contribution in [0, 0.1) is 6.92 Å². The van der Waals surface area contributed by atoms with Crippen LogP contribution in [0.5, 0.6) is 5.75 Å². The molecule has 0 radical (unpaired) electrons. The van der Waals surface area contributed by atoms with Gasteiger partial charge < -0.3 is 4.74 Å². The Hall–Kier alpha value is -2.33. The maximum absolute atomic E-state index is 5.24. The number of benzene rings is 2. The molecule has 3 rings (SSSR count). The van der Waals surface area contributed by atoms with Gasteiger partial charge in [-0.15, -0.1) is 10.2 Å². The van der Waals surface area contributed by atoms with Crippen molar-refractivity contribution < 1.29 is 4.74 Å². The van der Waals surface area contributed by atoms with Gasteiger partial charge in [0.25, 0.3) is 0 Å². The summed E-state index contributed by atoms with van der Waals surface area (Å²) in [5.74, 6) is 1.72. The summed E-state index contributed by atoms with van der Waals surface area (Å²) in [4.78, 5) is 0. The summed E-state index contributed by atoms with van der Waals surface area (Å²) in [5.41, 5.74) is 4.44. The second-order valence-corrected chi connectivity index (χ2v) is 6.26. The number of hydrogen-bond donors (Lipinski definition) is 0. The van der Waals surface area contributed by atoms with E-state index in [1.54, 1.807) is 18.9 Å². The number of aryl methyl sites for hydroxylation is 1. The second kappa shape index (κ2) is 7.29. The Balaban J connectivity index is 1.69. The van der Waals surface area contributed by atoms with Gasteiger partial charge in [-0.05, 0) is 36.8 Å². The highest BCUT2D eigenvalue weighted by molar-refractivity contribution is 7.98. The Kier molecular flexibility index (Phi) is 4.93. The summed E-state index contributed by atoms with van der Waals surface area (Å²) in [6, 6.07) is 20.4. The zero-order chi connectivity index (χ0) is 16.1. The fourth-order valence-corrected chi connectivity index (χ4v) is 3.05. The minimum absolute atomic E-state index is 0.821. The van der Waals surface area contributed by atoms with Crippen molar-refractivity contribution >= 4 is 11.8 Å². The summed E-state index contributed by atoms with van der Waals surface area (Å²) in [5, 5.41) is 9.58. The van der Waals surface area contributed by atoms with Crippen molar-refractivity contribution in [3.05, 3.63) is 71.8 Å². The molecule has 1 aromatic heterocycles. The summed E-state index contributed by atoms with van der Waals surface area (Å²) in [6.45, 7) is 2.11. The SMILES string of the molecule is COc1cccc(-c2ccc(SCc3cccc(C)c3)nn2)c1. The molecule has 0 spiro atoms. The molecular formula is C19H18N2OS. The minimum atomic E-state index is 0.821. The van der Waals surface area contributed by atoms with Gasteiger partial charge in [0.2, 0.25) is 0 Å². The molecule has 0 bridgehead atoms. The van der Waals surface area contributed by atoms with E-state index >= 15 is 0 Å². The van der Waals surface area contributed by atoms with Crippen molar-refractivity contribution in [2.24, 2.45) is 0 Å².